The normalized spacial score (nSPS) is 12.0. The number of rotatable bonds is 5. The van der Waals surface area contributed by atoms with Crippen molar-refractivity contribution in [3.8, 4) is 11.8 Å². The Balaban J connectivity index is 2.40. The van der Waals surface area contributed by atoms with Crippen LogP contribution in [0, 0.1) is 25.2 Å². The van der Waals surface area contributed by atoms with Crippen molar-refractivity contribution in [1.29, 1.82) is 5.26 Å². The summed E-state index contributed by atoms with van der Waals surface area (Å²) < 4.78 is 10.6. The lowest BCUT2D eigenvalue weighted by molar-refractivity contribution is 0.392. The summed E-state index contributed by atoms with van der Waals surface area (Å²) in [6.45, 7) is 5.88. The van der Waals surface area contributed by atoms with E-state index in [-0.39, 0.29) is 5.92 Å². The lowest BCUT2D eigenvalue weighted by Gasteiger charge is -2.15. The summed E-state index contributed by atoms with van der Waals surface area (Å²) in [6.07, 6.45) is 1.52. The number of benzene rings is 1. The van der Waals surface area contributed by atoms with Gasteiger partial charge in [0.1, 0.15) is 11.5 Å². The van der Waals surface area contributed by atoms with Gasteiger partial charge in [0.15, 0.2) is 0 Å². The standard InChI is InChI=1S/C17H20N2O2/c1-5-13-6-7-17(20-4)16(8-13)14(10-18)9-15-11(2)19-21-12(15)3/h6-8,14H,5,9H2,1-4H3. The van der Waals surface area contributed by atoms with Crippen molar-refractivity contribution in [2.24, 2.45) is 0 Å². The lowest BCUT2D eigenvalue weighted by Crippen LogP contribution is -2.05. The molecule has 1 heterocycles. The van der Waals surface area contributed by atoms with E-state index < -0.39 is 0 Å². The number of hydrogen-bond acceptors (Lipinski definition) is 4. The zero-order chi connectivity index (χ0) is 15.4. The number of nitrogens with zero attached hydrogens (tertiary/aromatic N) is 2. The number of nitriles is 1. The van der Waals surface area contributed by atoms with Gasteiger partial charge in [-0.3, -0.25) is 0 Å². The van der Waals surface area contributed by atoms with Crippen molar-refractivity contribution in [1.82, 2.24) is 5.16 Å². The number of ether oxygens (including phenoxy) is 1. The maximum absolute atomic E-state index is 9.59. The number of hydrogen-bond donors (Lipinski definition) is 0. The molecule has 0 radical (unpaired) electrons. The molecule has 0 fully saturated rings. The Hall–Kier alpha value is -2.28. The van der Waals surface area contributed by atoms with E-state index in [0.717, 1.165) is 34.8 Å². The third-order valence-corrected chi connectivity index (χ3v) is 3.82. The smallest absolute Gasteiger partial charge is 0.137 e. The van der Waals surface area contributed by atoms with Gasteiger partial charge in [-0.25, -0.2) is 0 Å². The van der Waals surface area contributed by atoms with Crippen molar-refractivity contribution in [3.05, 3.63) is 46.3 Å². The van der Waals surface area contributed by atoms with E-state index >= 15 is 0 Å². The first kappa shape index (κ1) is 15.1. The van der Waals surface area contributed by atoms with Crippen LogP contribution in [0.4, 0.5) is 0 Å². The number of methoxy groups -OCH3 is 1. The van der Waals surface area contributed by atoms with Crippen LogP contribution in [0.15, 0.2) is 22.7 Å². The van der Waals surface area contributed by atoms with Crippen LogP contribution in [0.5, 0.6) is 5.75 Å². The molecule has 2 rings (SSSR count). The van der Waals surface area contributed by atoms with E-state index in [9.17, 15) is 5.26 Å². The molecule has 0 spiro atoms. The predicted octanol–water partition coefficient (Wildman–Crippen LogP) is 3.71. The van der Waals surface area contributed by atoms with Gasteiger partial charge in [-0.05, 0) is 38.3 Å². The van der Waals surface area contributed by atoms with E-state index in [4.69, 9.17) is 9.26 Å². The molecule has 0 saturated carbocycles. The fourth-order valence-electron chi connectivity index (χ4n) is 2.50. The van der Waals surface area contributed by atoms with Gasteiger partial charge in [-0.1, -0.05) is 24.2 Å². The van der Waals surface area contributed by atoms with Crippen LogP contribution >= 0.6 is 0 Å². The molecule has 0 aliphatic carbocycles. The van der Waals surface area contributed by atoms with Crippen LogP contribution < -0.4 is 4.74 Å². The third kappa shape index (κ3) is 3.08. The molecule has 1 aromatic carbocycles. The summed E-state index contributed by atoms with van der Waals surface area (Å²) in [5.41, 5.74) is 3.98. The van der Waals surface area contributed by atoms with Crippen LogP contribution in [0.25, 0.3) is 0 Å². The molecule has 110 valence electrons. The van der Waals surface area contributed by atoms with Crippen molar-refractivity contribution in [2.75, 3.05) is 7.11 Å². The van der Waals surface area contributed by atoms with Crippen molar-refractivity contribution >= 4 is 0 Å². The average molecular weight is 284 g/mol. The van der Waals surface area contributed by atoms with Crippen molar-refractivity contribution in [2.45, 2.75) is 39.5 Å². The molecule has 0 aliphatic heterocycles. The summed E-state index contributed by atoms with van der Waals surface area (Å²) in [5.74, 6) is 1.26. The Labute approximate surface area is 125 Å². The molecule has 0 N–H and O–H groups in total. The lowest BCUT2D eigenvalue weighted by atomic mass is 9.90. The predicted molar refractivity (Wildman–Crippen MR) is 80.4 cm³/mol. The van der Waals surface area contributed by atoms with Gasteiger partial charge in [0.25, 0.3) is 0 Å². The highest BCUT2D eigenvalue weighted by Crippen LogP contribution is 2.31. The van der Waals surface area contributed by atoms with Gasteiger partial charge in [-0.15, -0.1) is 0 Å². The second-order valence-corrected chi connectivity index (χ2v) is 5.12. The first-order valence-corrected chi connectivity index (χ1v) is 7.08. The fourth-order valence-corrected chi connectivity index (χ4v) is 2.50. The van der Waals surface area contributed by atoms with E-state index in [1.54, 1.807) is 7.11 Å². The topological polar surface area (TPSA) is 59.0 Å². The summed E-state index contributed by atoms with van der Waals surface area (Å²) in [5, 5.41) is 13.5. The molecule has 1 atom stereocenters. The molecule has 0 saturated heterocycles. The van der Waals surface area contributed by atoms with Gasteiger partial charge in [0.05, 0.1) is 24.8 Å². The summed E-state index contributed by atoms with van der Waals surface area (Å²) in [7, 11) is 1.63. The summed E-state index contributed by atoms with van der Waals surface area (Å²) >= 11 is 0. The first-order valence-electron chi connectivity index (χ1n) is 7.08. The van der Waals surface area contributed by atoms with Gasteiger partial charge < -0.3 is 9.26 Å². The second kappa shape index (κ2) is 6.45. The molecule has 4 heteroatoms. The molecule has 2 aromatic rings. The van der Waals surface area contributed by atoms with Gasteiger partial charge in [0, 0.05) is 11.1 Å². The van der Waals surface area contributed by atoms with Gasteiger partial charge in [-0.2, -0.15) is 5.26 Å². The van der Waals surface area contributed by atoms with E-state index in [1.807, 2.05) is 26.0 Å². The highest BCUT2D eigenvalue weighted by molar-refractivity contribution is 5.43. The Morgan fingerprint density at radius 1 is 1.38 bits per heavy atom. The van der Waals surface area contributed by atoms with Crippen LogP contribution in [0.3, 0.4) is 0 Å². The highest BCUT2D eigenvalue weighted by atomic mass is 16.5. The molecule has 21 heavy (non-hydrogen) atoms. The monoisotopic (exact) mass is 284 g/mol. The van der Waals surface area contributed by atoms with Crippen LogP contribution in [0.2, 0.25) is 0 Å². The largest absolute Gasteiger partial charge is 0.496 e. The summed E-state index contributed by atoms with van der Waals surface area (Å²) in [6, 6.07) is 8.42. The van der Waals surface area contributed by atoms with E-state index in [2.05, 4.69) is 24.2 Å². The maximum atomic E-state index is 9.59. The van der Waals surface area contributed by atoms with Crippen molar-refractivity contribution in [3.63, 3.8) is 0 Å². The quantitative estimate of drug-likeness (QED) is 0.839. The molecule has 0 aliphatic rings. The number of aryl methyl sites for hydroxylation is 3. The average Bonchev–Trinajstić information content (AvgIpc) is 2.83. The molecule has 1 unspecified atom stereocenters. The van der Waals surface area contributed by atoms with Crippen molar-refractivity contribution < 1.29 is 9.26 Å². The molecule has 0 bridgehead atoms. The summed E-state index contributed by atoms with van der Waals surface area (Å²) in [4.78, 5) is 0. The van der Waals surface area contributed by atoms with Crippen LogP contribution in [0.1, 0.15) is 41.0 Å². The second-order valence-electron chi connectivity index (χ2n) is 5.12. The fraction of sp³-hybridized carbons (Fsp3) is 0.412. The first-order chi connectivity index (χ1) is 10.1. The van der Waals surface area contributed by atoms with E-state index in [0.29, 0.717) is 6.42 Å². The Bertz CT molecular complexity index is 648. The minimum absolute atomic E-state index is 0.275. The molecule has 1 aromatic heterocycles. The number of aromatic nitrogens is 1. The SMILES string of the molecule is CCc1ccc(OC)c(C(C#N)Cc2c(C)noc2C)c1. The zero-order valence-electron chi connectivity index (χ0n) is 12.9. The highest BCUT2D eigenvalue weighted by Gasteiger charge is 2.21. The molecule has 0 amide bonds. The Kier molecular flexibility index (Phi) is 4.64. The molecule has 4 nitrogen and oxygen atoms in total. The Morgan fingerprint density at radius 3 is 2.67 bits per heavy atom. The van der Waals surface area contributed by atoms with Crippen LogP contribution in [-0.4, -0.2) is 12.3 Å². The Morgan fingerprint density at radius 2 is 2.14 bits per heavy atom. The molecular weight excluding hydrogens is 264 g/mol. The minimum Gasteiger partial charge on any atom is -0.496 e. The zero-order valence-corrected chi connectivity index (χ0v) is 12.9. The third-order valence-electron chi connectivity index (χ3n) is 3.82. The van der Waals surface area contributed by atoms with Crippen LogP contribution in [-0.2, 0) is 12.8 Å². The van der Waals surface area contributed by atoms with Gasteiger partial charge in [0.2, 0.25) is 0 Å². The minimum atomic E-state index is -0.275. The maximum Gasteiger partial charge on any atom is 0.137 e. The van der Waals surface area contributed by atoms with Gasteiger partial charge >= 0.3 is 0 Å². The van der Waals surface area contributed by atoms with E-state index in [1.165, 1.54) is 5.56 Å². The molecular formula is C17H20N2O2.